The van der Waals surface area contributed by atoms with E-state index in [4.69, 9.17) is 0 Å². The minimum Gasteiger partial charge on any atom is -0.395 e. The van der Waals surface area contributed by atoms with Crippen molar-refractivity contribution >= 4 is 0 Å². The first-order chi connectivity index (χ1) is 14.2. The van der Waals surface area contributed by atoms with Crippen molar-refractivity contribution in [3.05, 3.63) is 120 Å². The molecule has 0 aliphatic heterocycles. The molecule has 0 saturated heterocycles. The van der Waals surface area contributed by atoms with Gasteiger partial charge in [0.2, 0.25) is 0 Å². The third-order valence-electron chi connectivity index (χ3n) is 5.23. The van der Waals surface area contributed by atoms with Crippen molar-refractivity contribution in [2.75, 3.05) is 26.7 Å². The fourth-order valence-electron chi connectivity index (χ4n) is 3.94. The molecule has 0 fully saturated rings. The van der Waals surface area contributed by atoms with Crippen LogP contribution in [0.15, 0.2) is 104 Å². The van der Waals surface area contributed by atoms with Crippen molar-refractivity contribution in [1.82, 2.24) is 10.2 Å². The van der Waals surface area contributed by atoms with Crippen LogP contribution in [0.5, 0.6) is 0 Å². The molecule has 150 valence electrons. The molecule has 3 aromatic rings. The lowest BCUT2D eigenvalue weighted by Crippen LogP contribution is -2.54. The van der Waals surface area contributed by atoms with Gasteiger partial charge in [-0.15, -0.1) is 6.58 Å². The van der Waals surface area contributed by atoms with E-state index in [9.17, 15) is 5.11 Å². The lowest BCUT2D eigenvalue weighted by atomic mass is 9.76. The highest BCUT2D eigenvalue weighted by molar-refractivity contribution is 5.49. The van der Waals surface area contributed by atoms with Crippen LogP contribution < -0.4 is 5.32 Å². The summed E-state index contributed by atoms with van der Waals surface area (Å²) in [5.74, 6) is 0. The van der Waals surface area contributed by atoms with Crippen molar-refractivity contribution in [3.63, 3.8) is 0 Å². The maximum Gasteiger partial charge on any atom is 0.0951 e. The maximum absolute atomic E-state index is 10.2. The van der Waals surface area contributed by atoms with Gasteiger partial charge in [0.05, 0.1) is 12.1 Å². The lowest BCUT2D eigenvalue weighted by molar-refractivity contribution is 0.186. The van der Waals surface area contributed by atoms with Crippen LogP contribution in [0, 0.1) is 0 Å². The summed E-state index contributed by atoms with van der Waals surface area (Å²) in [6.45, 7) is 5.34. The number of nitrogens with zero attached hydrogens (tertiary/aromatic N) is 1. The zero-order valence-corrected chi connectivity index (χ0v) is 17.0. The quantitative estimate of drug-likeness (QED) is 0.408. The Kier molecular flexibility index (Phi) is 7.36. The molecule has 29 heavy (non-hydrogen) atoms. The molecule has 0 spiro atoms. The van der Waals surface area contributed by atoms with Crippen LogP contribution in [-0.2, 0) is 5.54 Å². The van der Waals surface area contributed by atoms with Crippen LogP contribution in [-0.4, -0.2) is 42.8 Å². The Morgan fingerprint density at radius 2 is 1.28 bits per heavy atom. The number of hydrogen-bond donors (Lipinski definition) is 2. The smallest absolute Gasteiger partial charge is 0.0951 e. The molecule has 0 saturated carbocycles. The summed E-state index contributed by atoms with van der Waals surface area (Å²) in [7, 11) is 2.04. The van der Waals surface area contributed by atoms with E-state index < -0.39 is 5.54 Å². The minimum atomic E-state index is -0.577. The fraction of sp³-hybridized carbons (Fsp3) is 0.231. The summed E-state index contributed by atoms with van der Waals surface area (Å²) in [5, 5.41) is 14.1. The van der Waals surface area contributed by atoms with Crippen molar-refractivity contribution < 1.29 is 5.11 Å². The standard InChI is InChI=1S/C26H30N2O/c1-3-19-28(2)20-25(21-29)27-26(22-13-7-4-8-14-22,23-15-9-5-10-16-23)24-17-11-6-12-18-24/h3-18,25,27,29H,1,19-21H2,2H3. The third kappa shape index (κ3) is 4.83. The Hall–Kier alpha value is -2.72. The number of benzene rings is 3. The number of rotatable bonds is 10. The van der Waals surface area contributed by atoms with E-state index >= 15 is 0 Å². The lowest BCUT2D eigenvalue weighted by Gasteiger charge is -2.40. The summed E-state index contributed by atoms with van der Waals surface area (Å²) in [6.07, 6.45) is 1.88. The second-order valence-corrected chi connectivity index (χ2v) is 7.38. The minimum absolute atomic E-state index is 0.0374. The molecule has 3 rings (SSSR count). The average Bonchev–Trinajstić information content (AvgIpc) is 2.78. The van der Waals surface area contributed by atoms with Crippen LogP contribution in [0.3, 0.4) is 0 Å². The molecule has 0 radical (unpaired) electrons. The Bertz CT molecular complexity index is 768. The van der Waals surface area contributed by atoms with Crippen molar-refractivity contribution in [2.24, 2.45) is 0 Å². The fourth-order valence-corrected chi connectivity index (χ4v) is 3.94. The molecule has 0 bridgehead atoms. The summed E-state index contributed by atoms with van der Waals surface area (Å²) in [4.78, 5) is 2.16. The molecule has 0 heterocycles. The molecule has 3 aromatic carbocycles. The summed E-state index contributed by atoms with van der Waals surface area (Å²) in [5.41, 5.74) is 2.85. The van der Waals surface area contributed by atoms with Gasteiger partial charge in [-0.3, -0.25) is 5.32 Å². The molecule has 0 aromatic heterocycles. The number of nitrogens with one attached hydrogen (secondary N) is 1. The largest absolute Gasteiger partial charge is 0.395 e. The van der Waals surface area contributed by atoms with Gasteiger partial charge in [0, 0.05) is 19.1 Å². The number of likely N-dealkylation sites (N-methyl/N-ethyl adjacent to an activating group) is 1. The topological polar surface area (TPSA) is 35.5 Å². The molecule has 0 aliphatic carbocycles. The Morgan fingerprint density at radius 3 is 1.62 bits per heavy atom. The molecular formula is C26H30N2O. The molecule has 3 heteroatoms. The van der Waals surface area contributed by atoms with Crippen molar-refractivity contribution in [2.45, 2.75) is 11.6 Å². The van der Waals surface area contributed by atoms with Gasteiger partial charge in [-0.1, -0.05) is 97.1 Å². The van der Waals surface area contributed by atoms with Gasteiger partial charge in [0.25, 0.3) is 0 Å². The van der Waals surface area contributed by atoms with Crippen LogP contribution in [0.2, 0.25) is 0 Å². The second-order valence-electron chi connectivity index (χ2n) is 7.38. The highest BCUT2D eigenvalue weighted by Gasteiger charge is 2.38. The van der Waals surface area contributed by atoms with Gasteiger partial charge in [-0.2, -0.15) is 0 Å². The van der Waals surface area contributed by atoms with Gasteiger partial charge >= 0.3 is 0 Å². The molecule has 1 unspecified atom stereocenters. The van der Waals surface area contributed by atoms with Crippen molar-refractivity contribution in [1.29, 1.82) is 0 Å². The van der Waals surface area contributed by atoms with E-state index in [-0.39, 0.29) is 12.6 Å². The normalized spacial score (nSPS) is 12.7. The van der Waals surface area contributed by atoms with Gasteiger partial charge in [-0.25, -0.2) is 0 Å². The Balaban J connectivity index is 2.15. The summed E-state index contributed by atoms with van der Waals surface area (Å²) in [6, 6.07) is 31.3. The van der Waals surface area contributed by atoms with Crippen LogP contribution in [0.4, 0.5) is 0 Å². The van der Waals surface area contributed by atoms with E-state index in [0.29, 0.717) is 6.54 Å². The molecule has 1 atom stereocenters. The first-order valence-corrected chi connectivity index (χ1v) is 10.0. The summed E-state index contributed by atoms with van der Waals surface area (Å²) < 4.78 is 0. The predicted molar refractivity (Wildman–Crippen MR) is 121 cm³/mol. The van der Waals surface area contributed by atoms with Crippen molar-refractivity contribution in [3.8, 4) is 0 Å². The van der Waals surface area contributed by atoms with Gasteiger partial charge in [0.15, 0.2) is 0 Å². The Morgan fingerprint density at radius 1 is 0.862 bits per heavy atom. The third-order valence-corrected chi connectivity index (χ3v) is 5.23. The maximum atomic E-state index is 10.2. The predicted octanol–water partition coefficient (Wildman–Crippen LogP) is 4.05. The van der Waals surface area contributed by atoms with Crippen LogP contribution in [0.25, 0.3) is 0 Å². The number of aliphatic hydroxyl groups excluding tert-OH is 1. The molecule has 0 aliphatic rings. The molecular weight excluding hydrogens is 356 g/mol. The molecule has 3 nitrogen and oxygen atoms in total. The second kappa shape index (κ2) is 10.2. The van der Waals surface area contributed by atoms with E-state index in [0.717, 1.165) is 23.2 Å². The van der Waals surface area contributed by atoms with E-state index in [2.05, 4.69) is 89.6 Å². The first-order valence-electron chi connectivity index (χ1n) is 10.0. The number of aliphatic hydroxyl groups is 1. The monoisotopic (exact) mass is 386 g/mol. The van der Waals surface area contributed by atoms with Gasteiger partial charge in [0.1, 0.15) is 0 Å². The zero-order chi connectivity index (χ0) is 20.5. The zero-order valence-electron chi connectivity index (χ0n) is 17.0. The van der Waals surface area contributed by atoms with Gasteiger partial charge in [-0.05, 0) is 23.7 Å². The Labute approximate surface area is 174 Å². The van der Waals surface area contributed by atoms with E-state index in [1.54, 1.807) is 0 Å². The average molecular weight is 387 g/mol. The van der Waals surface area contributed by atoms with Gasteiger partial charge < -0.3 is 10.0 Å². The SMILES string of the molecule is C=CCN(C)CC(CO)NC(c1ccccc1)(c1ccccc1)c1ccccc1. The van der Waals surface area contributed by atoms with Crippen LogP contribution >= 0.6 is 0 Å². The highest BCUT2D eigenvalue weighted by Crippen LogP contribution is 2.37. The first kappa shape index (κ1) is 21.0. The van der Waals surface area contributed by atoms with Crippen LogP contribution in [0.1, 0.15) is 16.7 Å². The molecule has 2 N–H and O–H groups in total. The summed E-state index contributed by atoms with van der Waals surface area (Å²) >= 11 is 0. The van der Waals surface area contributed by atoms with E-state index in [1.165, 1.54) is 0 Å². The highest BCUT2D eigenvalue weighted by atomic mass is 16.3. The number of hydrogen-bond acceptors (Lipinski definition) is 3. The van der Waals surface area contributed by atoms with E-state index in [1.807, 2.05) is 31.3 Å². The molecule has 0 amide bonds.